The summed E-state index contributed by atoms with van der Waals surface area (Å²) in [6, 6.07) is 8.12. The Kier molecular flexibility index (Phi) is 9.87. The third kappa shape index (κ3) is 7.14. The van der Waals surface area contributed by atoms with Crippen LogP contribution < -0.4 is 16.0 Å². The molecule has 2 fully saturated rings. The summed E-state index contributed by atoms with van der Waals surface area (Å²) in [6.45, 7) is 3.87. The van der Waals surface area contributed by atoms with E-state index in [4.69, 9.17) is 0 Å². The topological polar surface area (TPSA) is 85.8 Å². The van der Waals surface area contributed by atoms with Gasteiger partial charge in [-0.1, -0.05) is 25.0 Å². The van der Waals surface area contributed by atoms with Gasteiger partial charge in [-0.15, -0.1) is 24.0 Å². The number of carbonyl (C=O) groups is 2. The fraction of sp³-hybridized carbons (Fsp3) is 0.591. The Balaban J connectivity index is 0.00000320. The number of nitrogens with one attached hydrogen (secondary N) is 3. The Morgan fingerprint density at radius 1 is 1.13 bits per heavy atom. The number of aliphatic imine (C=N–C) groups is 1. The van der Waals surface area contributed by atoms with Gasteiger partial charge < -0.3 is 20.9 Å². The number of amides is 2. The van der Waals surface area contributed by atoms with Gasteiger partial charge in [0.15, 0.2) is 5.96 Å². The van der Waals surface area contributed by atoms with Crippen molar-refractivity contribution in [1.82, 2.24) is 15.5 Å². The lowest BCUT2D eigenvalue weighted by Crippen LogP contribution is -2.45. The second-order valence-electron chi connectivity index (χ2n) is 8.02. The fourth-order valence-electron chi connectivity index (χ4n) is 4.18. The van der Waals surface area contributed by atoms with Crippen molar-refractivity contribution in [2.24, 2.45) is 10.9 Å². The first-order chi connectivity index (χ1) is 14.0. The van der Waals surface area contributed by atoms with E-state index in [2.05, 4.69) is 20.9 Å². The summed E-state index contributed by atoms with van der Waals surface area (Å²) in [4.78, 5) is 30.0. The number of guanidine groups is 1. The molecule has 7 nitrogen and oxygen atoms in total. The molecule has 0 bridgehead atoms. The predicted octanol–water partition coefficient (Wildman–Crippen LogP) is 2.76. The van der Waals surface area contributed by atoms with Crippen LogP contribution >= 0.6 is 24.0 Å². The van der Waals surface area contributed by atoms with Gasteiger partial charge in [-0.25, -0.2) is 0 Å². The second-order valence-corrected chi connectivity index (χ2v) is 8.02. The average Bonchev–Trinajstić information content (AvgIpc) is 3.40. The zero-order valence-electron chi connectivity index (χ0n) is 17.9. The molecule has 1 aliphatic heterocycles. The number of hydrogen-bond acceptors (Lipinski definition) is 3. The minimum atomic E-state index is -0.0651. The number of carbonyl (C=O) groups excluding carboxylic acids is 2. The zero-order chi connectivity index (χ0) is 20.6. The van der Waals surface area contributed by atoms with Crippen LogP contribution in [0.15, 0.2) is 29.3 Å². The summed E-state index contributed by atoms with van der Waals surface area (Å²) in [5.41, 5.74) is 2.00. The molecule has 166 valence electrons. The van der Waals surface area contributed by atoms with Crippen LogP contribution in [0.2, 0.25) is 0 Å². The molecular weight excluding hydrogens is 493 g/mol. The zero-order valence-corrected chi connectivity index (χ0v) is 20.3. The van der Waals surface area contributed by atoms with Gasteiger partial charge in [0.1, 0.15) is 0 Å². The highest BCUT2D eigenvalue weighted by atomic mass is 127. The largest absolute Gasteiger partial charge is 0.356 e. The number of nitrogens with zero attached hydrogens (tertiary/aromatic N) is 2. The van der Waals surface area contributed by atoms with Crippen molar-refractivity contribution < 1.29 is 9.59 Å². The van der Waals surface area contributed by atoms with Crippen molar-refractivity contribution in [2.75, 3.05) is 32.0 Å². The first-order valence-corrected chi connectivity index (χ1v) is 10.7. The third-order valence-corrected chi connectivity index (χ3v) is 5.75. The lowest BCUT2D eigenvalue weighted by atomic mass is 10.1. The summed E-state index contributed by atoms with van der Waals surface area (Å²) in [6.07, 6.45) is 6.32. The first kappa shape index (κ1) is 24.4. The molecule has 0 spiro atoms. The van der Waals surface area contributed by atoms with Crippen LogP contribution in [-0.2, 0) is 16.0 Å². The molecule has 0 aromatic heterocycles. The Hall–Kier alpha value is -1.84. The molecule has 1 heterocycles. The van der Waals surface area contributed by atoms with E-state index in [-0.39, 0.29) is 41.8 Å². The molecule has 1 aromatic carbocycles. The summed E-state index contributed by atoms with van der Waals surface area (Å²) < 4.78 is 0. The normalized spacial score (nSPS) is 19.3. The maximum absolute atomic E-state index is 12.6. The Morgan fingerprint density at radius 2 is 1.83 bits per heavy atom. The highest BCUT2D eigenvalue weighted by Crippen LogP contribution is 2.27. The van der Waals surface area contributed by atoms with Crippen molar-refractivity contribution in [3.63, 3.8) is 0 Å². The summed E-state index contributed by atoms with van der Waals surface area (Å²) in [5, 5.41) is 9.59. The smallest absolute Gasteiger partial charge is 0.225 e. The highest BCUT2D eigenvalue weighted by molar-refractivity contribution is 14.0. The van der Waals surface area contributed by atoms with Crippen molar-refractivity contribution in [3.05, 3.63) is 29.8 Å². The van der Waals surface area contributed by atoms with E-state index >= 15 is 0 Å². The monoisotopic (exact) mass is 527 g/mol. The number of rotatable bonds is 6. The van der Waals surface area contributed by atoms with E-state index in [0.29, 0.717) is 5.91 Å². The molecule has 1 unspecified atom stereocenters. The molecule has 1 saturated heterocycles. The first-order valence-electron chi connectivity index (χ1n) is 10.7. The van der Waals surface area contributed by atoms with Crippen molar-refractivity contribution >= 4 is 47.4 Å². The van der Waals surface area contributed by atoms with Gasteiger partial charge in [0, 0.05) is 51.3 Å². The summed E-state index contributed by atoms with van der Waals surface area (Å²) in [7, 11) is 1.77. The molecular formula is C22H34IN5O2. The standard InChI is InChI=1S/C22H33N5O2.HI/c1-16(28)25-19-9-7-17(8-10-19)11-13-24-22(23-2)26-20-12-14-27(15-20)21(29)18-5-3-4-6-18;/h7-10,18,20H,3-6,11-15H2,1-2H3,(H,25,28)(H2,23,24,26);1H. The summed E-state index contributed by atoms with van der Waals surface area (Å²) in [5.74, 6) is 1.31. The van der Waals surface area contributed by atoms with Gasteiger partial charge in [0.25, 0.3) is 0 Å². The van der Waals surface area contributed by atoms with Gasteiger partial charge in [-0.05, 0) is 43.4 Å². The van der Waals surface area contributed by atoms with Crippen LogP contribution in [0.25, 0.3) is 0 Å². The number of anilines is 1. The van der Waals surface area contributed by atoms with Gasteiger partial charge in [-0.3, -0.25) is 14.6 Å². The van der Waals surface area contributed by atoms with E-state index in [0.717, 1.165) is 57.0 Å². The SMILES string of the molecule is CN=C(NCCc1ccc(NC(C)=O)cc1)NC1CCN(C(=O)C2CCCC2)C1.I. The van der Waals surface area contributed by atoms with Crippen LogP contribution in [0, 0.1) is 5.92 Å². The van der Waals surface area contributed by atoms with E-state index < -0.39 is 0 Å². The molecule has 8 heteroatoms. The van der Waals surface area contributed by atoms with Gasteiger partial charge in [-0.2, -0.15) is 0 Å². The summed E-state index contributed by atoms with van der Waals surface area (Å²) >= 11 is 0. The number of benzene rings is 1. The van der Waals surface area contributed by atoms with Crippen LogP contribution in [0.4, 0.5) is 5.69 Å². The fourth-order valence-corrected chi connectivity index (χ4v) is 4.18. The van der Waals surface area contributed by atoms with E-state index in [1.807, 2.05) is 29.2 Å². The highest BCUT2D eigenvalue weighted by Gasteiger charge is 2.32. The van der Waals surface area contributed by atoms with E-state index in [1.165, 1.54) is 25.3 Å². The van der Waals surface area contributed by atoms with E-state index in [9.17, 15) is 9.59 Å². The Morgan fingerprint density at radius 3 is 2.47 bits per heavy atom. The van der Waals surface area contributed by atoms with E-state index in [1.54, 1.807) is 7.05 Å². The Labute approximate surface area is 196 Å². The predicted molar refractivity (Wildman–Crippen MR) is 131 cm³/mol. The quantitative estimate of drug-likeness (QED) is 0.302. The number of hydrogen-bond donors (Lipinski definition) is 3. The molecule has 1 aromatic rings. The van der Waals surface area contributed by atoms with Crippen LogP contribution in [0.1, 0.15) is 44.6 Å². The molecule has 3 N–H and O–H groups in total. The molecule has 30 heavy (non-hydrogen) atoms. The molecule has 2 aliphatic rings. The number of halogens is 1. The molecule has 1 atom stereocenters. The second kappa shape index (κ2) is 12.1. The molecule has 3 rings (SSSR count). The van der Waals surface area contributed by atoms with Crippen molar-refractivity contribution in [2.45, 2.75) is 51.5 Å². The van der Waals surface area contributed by atoms with Crippen molar-refractivity contribution in [3.8, 4) is 0 Å². The minimum Gasteiger partial charge on any atom is -0.356 e. The maximum atomic E-state index is 12.6. The van der Waals surface area contributed by atoms with Gasteiger partial charge >= 0.3 is 0 Å². The van der Waals surface area contributed by atoms with Gasteiger partial charge in [0.05, 0.1) is 0 Å². The van der Waals surface area contributed by atoms with Crippen LogP contribution in [-0.4, -0.2) is 55.4 Å². The number of likely N-dealkylation sites (tertiary alicyclic amines) is 1. The maximum Gasteiger partial charge on any atom is 0.225 e. The van der Waals surface area contributed by atoms with Crippen LogP contribution in [0.3, 0.4) is 0 Å². The lowest BCUT2D eigenvalue weighted by molar-refractivity contribution is -0.134. The Bertz CT molecular complexity index is 732. The van der Waals surface area contributed by atoms with Crippen LogP contribution in [0.5, 0.6) is 0 Å². The van der Waals surface area contributed by atoms with Gasteiger partial charge in [0.2, 0.25) is 11.8 Å². The molecule has 1 saturated carbocycles. The molecule has 0 radical (unpaired) electrons. The third-order valence-electron chi connectivity index (χ3n) is 5.75. The minimum absolute atomic E-state index is 0. The lowest BCUT2D eigenvalue weighted by Gasteiger charge is -2.21. The molecule has 2 amide bonds. The van der Waals surface area contributed by atoms with Crippen molar-refractivity contribution in [1.29, 1.82) is 0 Å². The average molecular weight is 527 g/mol. The molecule has 1 aliphatic carbocycles.